The molecule has 0 fully saturated rings. The standard InChI is InChI=1S/C17H20N2O2/c1-5-15-14(10-19(4)18-15)17(21)9-16(20)13-7-6-11(2)12(3)8-13/h6-8,10H,5,9H2,1-4H3. The molecule has 0 N–H and O–H groups in total. The van der Waals surface area contributed by atoms with Crippen LogP contribution in [0.3, 0.4) is 0 Å². The zero-order chi connectivity index (χ0) is 15.6. The second kappa shape index (κ2) is 6.04. The van der Waals surface area contributed by atoms with E-state index in [0.717, 1.165) is 16.8 Å². The molecule has 0 aliphatic carbocycles. The molecule has 1 heterocycles. The highest BCUT2D eigenvalue weighted by Crippen LogP contribution is 2.15. The molecule has 0 unspecified atom stereocenters. The fraction of sp³-hybridized carbons (Fsp3) is 0.353. The molecule has 0 bridgehead atoms. The minimum atomic E-state index is -0.164. The van der Waals surface area contributed by atoms with Gasteiger partial charge in [-0.05, 0) is 37.5 Å². The molecular formula is C17H20N2O2. The van der Waals surface area contributed by atoms with Gasteiger partial charge in [-0.1, -0.05) is 19.1 Å². The van der Waals surface area contributed by atoms with Crippen molar-refractivity contribution in [1.29, 1.82) is 0 Å². The van der Waals surface area contributed by atoms with Crippen LogP contribution in [0.1, 0.15) is 50.9 Å². The largest absolute Gasteiger partial charge is 0.294 e. The molecule has 1 aromatic carbocycles. The number of aryl methyl sites for hydroxylation is 4. The van der Waals surface area contributed by atoms with E-state index in [0.29, 0.717) is 17.5 Å². The number of nitrogens with zero attached hydrogens (tertiary/aromatic N) is 2. The van der Waals surface area contributed by atoms with Crippen LogP contribution in [0.5, 0.6) is 0 Å². The summed E-state index contributed by atoms with van der Waals surface area (Å²) < 4.78 is 1.62. The van der Waals surface area contributed by atoms with E-state index in [1.165, 1.54) is 0 Å². The third-order valence-corrected chi connectivity index (χ3v) is 3.69. The summed E-state index contributed by atoms with van der Waals surface area (Å²) in [7, 11) is 1.78. The monoisotopic (exact) mass is 284 g/mol. The van der Waals surface area contributed by atoms with Crippen molar-refractivity contribution in [3.8, 4) is 0 Å². The number of rotatable bonds is 5. The molecule has 2 aromatic rings. The molecule has 21 heavy (non-hydrogen) atoms. The van der Waals surface area contributed by atoms with E-state index < -0.39 is 0 Å². The van der Waals surface area contributed by atoms with E-state index in [1.807, 2.05) is 32.9 Å². The maximum absolute atomic E-state index is 12.3. The summed E-state index contributed by atoms with van der Waals surface area (Å²) in [6.45, 7) is 5.91. The minimum Gasteiger partial charge on any atom is -0.294 e. The molecule has 0 spiro atoms. The Bertz CT molecular complexity index is 699. The van der Waals surface area contributed by atoms with Crippen molar-refractivity contribution in [1.82, 2.24) is 9.78 Å². The number of carbonyl (C=O) groups is 2. The number of hydrogen-bond acceptors (Lipinski definition) is 3. The van der Waals surface area contributed by atoms with Crippen molar-refractivity contribution in [3.05, 3.63) is 52.3 Å². The Balaban J connectivity index is 2.18. The number of ketones is 2. The van der Waals surface area contributed by atoms with E-state index >= 15 is 0 Å². The van der Waals surface area contributed by atoms with Gasteiger partial charge < -0.3 is 0 Å². The first-order chi connectivity index (χ1) is 9.92. The molecule has 2 rings (SSSR count). The number of Topliss-reactive ketones (excluding diaryl/α,β-unsaturated/α-hetero) is 2. The first-order valence-electron chi connectivity index (χ1n) is 7.08. The number of benzene rings is 1. The zero-order valence-corrected chi connectivity index (χ0v) is 12.9. The Morgan fingerprint density at radius 3 is 2.48 bits per heavy atom. The van der Waals surface area contributed by atoms with Crippen LogP contribution in [0.15, 0.2) is 24.4 Å². The summed E-state index contributed by atoms with van der Waals surface area (Å²) in [4.78, 5) is 24.5. The van der Waals surface area contributed by atoms with Crippen LogP contribution in [0.25, 0.3) is 0 Å². The Morgan fingerprint density at radius 2 is 1.86 bits per heavy atom. The molecule has 4 heteroatoms. The second-order valence-electron chi connectivity index (χ2n) is 5.34. The first-order valence-corrected chi connectivity index (χ1v) is 7.08. The van der Waals surface area contributed by atoms with Gasteiger partial charge in [-0.15, -0.1) is 0 Å². The van der Waals surface area contributed by atoms with Gasteiger partial charge in [0, 0.05) is 18.8 Å². The van der Waals surface area contributed by atoms with E-state index in [9.17, 15) is 9.59 Å². The summed E-state index contributed by atoms with van der Waals surface area (Å²) in [5.41, 5.74) is 4.09. The normalized spacial score (nSPS) is 10.7. The van der Waals surface area contributed by atoms with Crippen molar-refractivity contribution in [2.75, 3.05) is 0 Å². The topological polar surface area (TPSA) is 52.0 Å². The summed E-state index contributed by atoms with van der Waals surface area (Å²) in [6, 6.07) is 5.53. The number of carbonyl (C=O) groups excluding carboxylic acids is 2. The molecule has 0 saturated carbocycles. The van der Waals surface area contributed by atoms with Crippen LogP contribution >= 0.6 is 0 Å². The predicted molar refractivity (Wildman–Crippen MR) is 81.8 cm³/mol. The van der Waals surface area contributed by atoms with E-state index in [4.69, 9.17) is 0 Å². The van der Waals surface area contributed by atoms with Gasteiger partial charge in [0.2, 0.25) is 0 Å². The van der Waals surface area contributed by atoms with Gasteiger partial charge in [0.05, 0.1) is 17.7 Å². The SMILES string of the molecule is CCc1nn(C)cc1C(=O)CC(=O)c1ccc(C)c(C)c1. The Kier molecular flexibility index (Phi) is 4.36. The first kappa shape index (κ1) is 15.2. The molecule has 0 aliphatic rings. The highest BCUT2D eigenvalue weighted by Gasteiger charge is 2.18. The fourth-order valence-corrected chi connectivity index (χ4v) is 2.29. The summed E-state index contributed by atoms with van der Waals surface area (Å²) >= 11 is 0. The van der Waals surface area contributed by atoms with E-state index in [2.05, 4.69) is 5.10 Å². The Hall–Kier alpha value is -2.23. The average Bonchev–Trinajstić information content (AvgIpc) is 2.83. The lowest BCUT2D eigenvalue weighted by molar-refractivity contribution is 0.0893. The van der Waals surface area contributed by atoms with E-state index in [1.54, 1.807) is 24.0 Å². The van der Waals surface area contributed by atoms with Gasteiger partial charge in [0.1, 0.15) is 0 Å². The third-order valence-electron chi connectivity index (χ3n) is 3.69. The van der Waals surface area contributed by atoms with Crippen LogP contribution in [-0.4, -0.2) is 21.3 Å². The lowest BCUT2D eigenvalue weighted by Crippen LogP contribution is -2.10. The van der Waals surface area contributed by atoms with Gasteiger partial charge in [-0.25, -0.2) is 0 Å². The number of hydrogen-bond donors (Lipinski definition) is 0. The molecule has 0 aliphatic heterocycles. The molecule has 0 amide bonds. The van der Waals surface area contributed by atoms with Gasteiger partial charge in [0.15, 0.2) is 11.6 Å². The smallest absolute Gasteiger partial charge is 0.174 e. The molecular weight excluding hydrogens is 264 g/mol. The maximum Gasteiger partial charge on any atom is 0.174 e. The van der Waals surface area contributed by atoms with Crippen LogP contribution < -0.4 is 0 Å². The molecule has 110 valence electrons. The van der Waals surface area contributed by atoms with Crippen LogP contribution in [0, 0.1) is 13.8 Å². The average molecular weight is 284 g/mol. The Labute approximate surface area is 124 Å². The van der Waals surface area contributed by atoms with Crippen LogP contribution in [0.2, 0.25) is 0 Å². The van der Waals surface area contributed by atoms with Crippen molar-refractivity contribution in [2.24, 2.45) is 7.05 Å². The molecule has 0 atom stereocenters. The van der Waals surface area contributed by atoms with Gasteiger partial charge >= 0.3 is 0 Å². The molecule has 4 nitrogen and oxygen atoms in total. The summed E-state index contributed by atoms with van der Waals surface area (Å²) in [5, 5.41) is 4.24. The van der Waals surface area contributed by atoms with Crippen molar-refractivity contribution < 1.29 is 9.59 Å². The van der Waals surface area contributed by atoms with Crippen molar-refractivity contribution in [3.63, 3.8) is 0 Å². The predicted octanol–water partition coefficient (Wildman–Crippen LogP) is 3.06. The molecule has 0 radical (unpaired) electrons. The zero-order valence-electron chi connectivity index (χ0n) is 12.9. The third kappa shape index (κ3) is 3.27. The number of aromatic nitrogens is 2. The lowest BCUT2D eigenvalue weighted by Gasteiger charge is -2.04. The fourth-order valence-electron chi connectivity index (χ4n) is 2.29. The lowest BCUT2D eigenvalue weighted by atomic mass is 9.98. The highest BCUT2D eigenvalue weighted by molar-refractivity contribution is 6.13. The van der Waals surface area contributed by atoms with Crippen molar-refractivity contribution >= 4 is 11.6 Å². The second-order valence-corrected chi connectivity index (χ2v) is 5.34. The van der Waals surface area contributed by atoms with Crippen molar-refractivity contribution in [2.45, 2.75) is 33.6 Å². The minimum absolute atomic E-state index is 0.110. The van der Waals surface area contributed by atoms with Gasteiger partial charge in [-0.3, -0.25) is 14.3 Å². The van der Waals surface area contributed by atoms with Crippen LogP contribution in [-0.2, 0) is 13.5 Å². The summed E-state index contributed by atoms with van der Waals surface area (Å²) in [6.07, 6.45) is 2.26. The van der Waals surface area contributed by atoms with Gasteiger partial charge in [-0.2, -0.15) is 5.10 Å². The molecule has 1 aromatic heterocycles. The van der Waals surface area contributed by atoms with Crippen LogP contribution in [0.4, 0.5) is 0 Å². The molecule has 0 saturated heterocycles. The Morgan fingerprint density at radius 1 is 1.14 bits per heavy atom. The van der Waals surface area contributed by atoms with E-state index in [-0.39, 0.29) is 18.0 Å². The maximum atomic E-state index is 12.3. The summed E-state index contributed by atoms with van der Waals surface area (Å²) in [5.74, 6) is -0.308. The quantitative estimate of drug-likeness (QED) is 0.626. The highest BCUT2D eigenvalue weighted by atomic mass is 16.1. The van der Waals surface area contributed by atoms with Gasteiger partial charge in [0.25, 0.3) is 0 Å².